The normalized spacial score (nSPS) is 17.1. The van der Waals surface area contributed by atoms with Crippen molar-refractivity contribution in [1.82, 2.24) is 20.6 Å². The SMILES string of the molecule is CN(C)c1nc(N[C@H]2CC[C@@H](CNCCCCCCNC(=O)c3ccccc3C=O)CC2)nc2ccccc12. The standard InChI is InChI=1S/C31H42N6O2/c1-37(2)29-27-13-7-8-14-28(27)35-31(36-29)34-25-17-15-23(16-18-25)21-32-19-9-3-4-10-20-33-30(39)26-12-6-5-11-24(26)22-38/h5-8,11-14,22-23,25,32H,3-4,9-10,15-21H2,1-2H3,(H,33,39)(H,34,35,36)/t23-,25+. The zero-order valence-electron chi connectivity index (χ0n) is 23.3. The molecule has 0 saturated heterocycles. The van der Waals surface area contributed by atoms with Crippen molar-refractivity contribution in [2.75, 3.05) is 43.9 Å². The summed E-state index contributed by atoms with van der Waals surface area (Å²) in [5.74, 6) is 2.23. The van der Waals surface area contributed by atoms with Crippen molar-refractivity contribution >= 4 is 34.9 Å². The lowest BCUT2D eigenvalue weighted by atomic mass is 9.86. The van der Waals surface area contributed by atoms with Gasteiger partial charge in [-0.3, -0.25) is 9.59 Å². The third kappa shape index (κ3) is 8.23. The number of carbonyl (C=O) groups is 2. The molecule has 0 spiro atoms. The number of fused-ring (bicyclic) bond motifs is 1. The van der Waals surface area contributed by atoms with E-state index in [0.717, 1.165) is 86.5 Å². The number of unbranched alkanes of at least 4 members (excludes halogenated alkanes) is 3. The molecular formula is C31H42N6O2. The third-order valence-corrected chi connectivity index (χ3v) is 7.52. The number of aldehydes is 1. The summed E-state index contributed by atoms with van der Waals surface area (Å²) in [6, 6.07) is 15.5. The monoisotopic (exact) mass is 530 g/mol. The Bertz CT molecular complexity index is 1220. The van der Waals surface area contributed by atoms with Crippen LogP contribution in [-0.4, -0.2) is 61.9 Å². The van der Waals surface area contributed by atoms with Crippen LogP contribution in [0, 0.1) is 5.92 Å². The summed E-state index contributed by atoms with van der Waals surface area (Å²) < 4.78 is 0. The number of hydrogen-bond acceptors (Lipinski definition) is 7. The Labute approximate surface area is 232 Å². The van der Waals surface area contributed by atoms with Crippen molar-refractivity contribution in [1.29, 1.82) is 0 Å². The fourth-order valence-electron chi connectivity index (χ4n) is 5.30. The van der Waals surface area contributed by atoms with Crippen LogP contribution in [0.15, 0.2) is 48.5 Å². The minimum absolute atomic E-state index is 0.174. The molecule has 0 bridgehead atoms. The number of carbonyl (C=O) groups excluding carboxylic acids is 2. The molecule has 39 heavy (non-hydrogen) atoms. The van der Waals surface area contributed by atoms with Crippen molar-refractivity contribution in [3.05, 3.63) is 59.7 Å². The molecule has 3 aromatic rings. The number of hydrogen-bond donors (Lipinski definition) is 3. The smallest absolute Gasteiger partial charge is 0.252 e. The summed E-state index contributed by atoms with van der Waals surface area (Å²) in [6.45, 7) is 2.75. The van der Waals surface area contributed by atoms with Gasteiger partial charge in [0.25, 0.3) is 5.91 Å². The van der Waals surface area contributed by atoms with E-state index in [0.29, 0.717) is 23.7 Å². The maximum atomic E-state index is 12.3. The predicted molar refractivity (Wildman–Crippen MR) is 159 cm³/mol. The molecular weight excluding hydrogens is 488 g/mol. The van der Waals surface area contributed by atoms with Gasteiger partial charge in [-0.2, -0.15) is 4.98 Å². The maximum absolute atomic E-state index is 12.3. The van der Waals surface area contributed by atoms with E-state index in [9.17, 15) is 9.59 Å². The Morgan fingerprint density at radius 3 is 2.41 bits per heavy atom. The van der Waals surface area contributed by atoms with Crippen LogP contribution >= 0.6 is 0 Å². The Hall–Kier alpha value is -3.52. The minimum atomic E-state index is -0.174. The number of benzene rings is 2. The lowest BCUT2D eigenvalue weighted by Crippen LogP contribution is -2.32. The zero-order valence-corrected chi connectivity index (χ0v) is 23.3. The van der Waals surface area contributed by atoms with Gasteiger partial charge in [-0.25, -0.2) is 4.98 Å². The van der Waals surface area contributed by atoms with Gasteiger partial charge in [-0.05, 0) is 75.7 Å². The second-order valence-corrected chi connectivity index (χ2v) is 10.7. The summed E-state index contributed by atoms with van der Waals surface area (Å²) in [5, 5.41) is 11.3. The molecule has 8 heteroatoms. The highest BCUT2D eigenvalue weighted by Crippen LogP contribution is 2.28. The van der Waals surface area contributed by atoms with Gasteiger partial charge in [0, 0.05) is 43.2 Å². The van der Waals surface area contributed by atoms with Gasteiger partial charge in [-0.1, -0.05) is 43.2 Å². The highest BCUT2D eigenvalue weighted by atomic mass is 16.1. The van der Waals surface area contributed by atoms with E-state index in [4.69, 9.17) is 9.97 Å². The first-order valence-electron chi connectivity index (χ1n) is 14.3. The molecule has 4 rings (SSSR count). The van der Waals surface area contributed by atoms with Gasteiger partial charge in [0.05, 0.1) is 5.52 Å². The van der Waals surface area contributed by atoms with Crippen LogP contribution in [0.4, 0.5) is 11.8 Å². The lowest BCUT2D eigenvalue weighted by Gasteiger charge is -2.29. The number of amides is 1. The van der Waals surface area contributed by atoms with Gasteiger partial charge in [-0.15, -0.1) is 0 Å². The summed E-state index contributed by atoms with van der Waals surface area (Å²) in [7, 11) is 4.05. The van der Waals surface area contributed by atoms with E-state index in [1.165, 1.54) is 12.8 Å². The quantitative estimate of drug-likeness (QED) is 0.198. The number of nitrogens with zero attached hydrogens (tertiary/aromatic N) is 3. The molecule has 1 heterocycles. The molecule has 1 amide bonds. The van der Waals surface area contributed by atoms with Gasteiger partial charge < -0.3 is 20.9 Å². The van der Waals surface area contributed by atoms with Crippen LogP contribution in [0.3, 0.4) is 0 Å². The molecule has 208 valence electrons. The van der Waals surface area contributed by atoms with Crippen LogP contribution < -0.4 is 20.9 Å². The number of anilines is 2. The molecule has 8 nitrogen and oxygen atoms in total. The number of para-hydroxylation sites is 1. The molecule has 1 saturated carbocycles. The molecule has 0 radical (unpaired) electrons. The van der Waals surface area contributed by atoms with E-state index >= 15 is 0 Å². The van der Waals surface area contributed by atoms with E-state index < -0.39 is 0 Å². The predicted octanol–water partition coefficient (Wildman–Crippen LogP) is 5.06. The van der Waals surface area contributed by atoms with Gasteiger partial charge >= 0.3 is 0 Å². The molecule has 0 atom stereocenters. The highest BCUT2D eigenvalue weighted by Gasteiger charge is 2.22. The molecule has 3 N–H and O–H groups in total. The summed E-state index contributed by atoms with van der Waals surface area (Å²) >= 11 is 0. The van der Waals surface area contributed by atoms with Crippen LogP contribution in [0.2, 0.25) is 0 Å². The molecule has 1 fully saturated rings. The Morgan fingerprint density at radius 1 is 0.923 bits per heavy atom. The fraction of sp³-hybridized carbons (Fsp3) is 0.484. The molecule has 1 aromatic heterocycles. The first-order valence-corrected chi connectivity index (χ1v) is 14.3. The van der Waals surface area contributed by atoms with Crippen LogP contribution in [0.5, 0.6) is 0 Å². The minimum Gasteiger partial charge on any atom is -0.362 e. The van der Waals surface area contributed by atoms with Crippen molar-refractivity contribution in [3.8, 4) is 0 Å². The van der Waals surface area contributed by atoms with Crippen molar-refractivity contribution in [2.24, 2.45) is 5.92 Å². The maximum Gasteiger partial charge on any atom is 0.252 e. The Kier molecular flexibility index (Phi) is 10.7. The van der Waals surface area contributed by atoms with Crippen LogP contribution in [0.25, 0.3) is 10.9 Å². The topological polar surface area (TPSA) is 99.3 Å². The molecule has 0 unspecified atom stereocenters. The largest absolute Gasteiger partial charge is 0.362 e. The van der Waals surface area contributed by atoms with E-state index in [1.54, 1.807) is 24.3 Å². The van der Waals surface area contributed by atoms with Crippen molar-refractivity contribution in [2.45, 2.75) is 57.4 Å². The first-order chi connectivity index (χ1) is 19.0. The van der Waals surface area contributed by atoms with E-state index in [-0.39, 0.29) is 5.91 Å². The molecule has 1 aliphatic carbocycles. The van der Waals surface area contributed by atoms with Gasteiger partial charge in [0.2, 0.25) is 5.95 Å². The number of nitrogens with one attached hydrogen (secondary N) is 3. The van der Waals surface area contributed by atoms with Crippen molar-refractivity contribution < 1.29 is 9.59 Å². The number of aromatic nitrogens is 2. The second kappa shape index (κ2) is 14.6. The fourth-order valence-corrected chi connectivity index (χ4v) is 5.30. The summed E-state index contributed by atoms with van der Waals surface area (Å²) in [4.78, 5) is 34.9. The molecule has 0 aliphatic heterocycles. The highest BCUT2D eigenvalue weighted by molar-refractivity contribution is 6.01. The lowest BCUT2D eigenvalue weighted by molar-refractivity contribution is 0.0947. The average molecular weight is 531 g/mol. The van der Waals surface area contributed by atoms with Crippen LogP contribution in [0.1, 0.15) is 72.1 Å². The molecule has 2 aromatic carbocycles. The van der Waals surface area contributed by atoms with Crippen molar-refractivity contribution in [3.63, 3.8) is 0 Å². The number of rotatable bonds is 14. The Balaban J connectivity index is 1.06. The van der Waals surface area contributed by atoms with E-state index in [1.807, 2.05) is 37.2 Å². The summed E-state index contributed by atoms with van der Waals surface area (Å²) in [6.07, 6.45) is 9.76. The zero-order chi connectivity index (χ0) is 27.5. The molecule has 1 aliphatic rings. The Morgan fingerprint density at radius 2 is 1.64 bits per heavy atom. The van der Waals surface area contributed by atoms with Crippen LogP contribution in [-0.2, 0) is 0 Å². The van der Waals surface area contributed by atoms with E-state index in [2.05, 4.69) is 22.0 Å². The van der Waals surface area contributed by atoms with Gasteiger partial charge in [0.15, 0.2) is 6.29 Å². The second-order valence-electron chi connectivity index (χ2n) is 10.7. The average Bonchev–Trinajstić information content (AvgIpc) is 2.96. The van der Waals surface area contributed by atoms with Gasteiger partial charge in [0.1, 0.15) is 5.82 Å². The summed E-state index contributed by atoms with van der Waals surface area (Å²) in [5.41, 5.74) is 1.85. The third-order valence-electron chi connectivity index (χ3n) is 7.52. The first kappa shape index (κ1) is 28.5.